The molecule has 18 heavy (non-hydrogen) atoms. The number of nitro groups is 1. The van der Waals surface area contributed by atoms with Crippen molar-refractivity contribution in [2.45, 2.75) is 0 Å². The van der Waals surface area contributed by atoms with Crippen LogP contribution in [0.15, 0.2) is 35.6 Å². The van der Waals surface area contributed by atoms with Gasteiger partial charge in [0.1, 0.15) is 5.69 Å². The van der Waals surface area contributed by atoms with Crippen molar-refractivity contribution in [1.82, 2.24) is 9.78 Å². The summed E-state index contributed by atoms with van der Waals surface area (Å²) < 4.78 is 1.58. The number of rotatable bonds is 3. The summed E-state index contributed by atoms with van der Waals surface area (Å²) in [6.45, 7) is 0. The fourth-order valence-corrected chi connectivity index (χ4v) is 1.63. The van der Waals surface area contributed by atoms with Crippen molar-refractivity contribution in [1.29, 1.82) is 0 Å². The van der Waals surface area contributed by atoms with E-state index in [2.05, 4.69) is 10.3 Å². The summed E-state index contributed by atoms with van der Waals surface area (Å²) in [5.74, 6) is 0. The molecule has 2 aromatic rings. The molecule has 1 heterocycles. The van der Waals surface area contributed by atoms with Gasteiger partial charge in [-0.3, -0.25) is 14.8 Å². The third kappa shape index (κ3) is 2.19. The van der Waals surface area contributed by atoms with Crippen LogP contribution in [0.3, 0.4) is 0 Å². The molecule has 1 N–H and O–H groups in total. The normalized spacial score (nSPS) is 10.9. The average Bonchev–Trinajstić information content (AvgIpc) is 2.71. The first kappa shape index (κ1) is 11.8. The molecule has 2 rings (SSSR count). The molecule has 0 aliphatic heterocycles. The Kier molecular flexibility index (Phi) is 3.05. The zero-order valence-corrected chi connectivity index (χ0v) is 9.52. The molecular weight excluding hydrogens is 236 g/mol. The highest BCUT2D eigenvalue weighted by Gasteiger charge is 2.11. The first-order chi connectivity index (χ1) is 8.61. The fraction of sp³-hybridized carbons (Fsp3) is 0.0909. The zero-order valence-electron chi connectivity index (χ0n) is 9.52. The van der Waals surface area contributed by atoms with Gasteiger partial charge >= 0.3 is 0 Å². The minimum atomic E-state index is -0.460. The number of aromatic nitrogens is 2. The Bertz CT molecular complexity index is 601. The minimum absolute atomic E-state index is 0.0204. The van der Waals surface area contributed by atoms with Gasteiger partial charge in [-0.05, 0) is 12.1 Å². The number of aryl methyl sites for hydroxylation is 1. The third-order valence-corrected chi connectivity index (χ3v) is 2.41. The van der Waals surface area contributed by atoms with Crippen LogP contribution in [-0.2, 0) is 7.05 Å². The van der Waals surface area contributed by atoms with Crippen LogP contribution in [0, 0.1) is 10.1 Å². The van der Waals surface area contributed by atoms with Gasteiger partial charge in [0.25, 0.3) is 5.69 Å². The lowest BCUT2D eigenvalue weighted by atomic mass is 10.1. The van der Waals surface area contributed by atoms with Crippen molar-refractivity contribution in [2.24, 2.45) is 12.2 Å². The summed E-state index contributed by atoms with van der Waals surface area (Å²) in [7, 11) is 1.74. The summed E-state index contributed by atoms with van der Waals surface area (Å²) in [6, 6.07) is 6.03. The van der Waals surface area contributed by atoms with E-state index in [-0.39, 0.29) is 5.69 Å². The second-order valence-corrected chi connectivity index (χ2v) is 3.66. The minimum Gasteiger partial charge on any atom is -0.411 e. The van der Waals surface area contributed by atoms with E-state index in [1.54, 1.807) is 30.1 Å². The number of benzene rings is 1. The smallest absolute Gasteiger partial charge is 0.269 e. The molecule has 1 aromatic heterocycles. The summed E-state index contributed by atoms with van der Waals surface area (Å²) in [4.78, 5) is 10.1. The number of non-ortho nitro benzene ring substituents is 1. The molecule has 0 atom stereocenters. The van der Waals surface area contributed by atoms with E-state index in [9.17, 15) is 10.1 Å². The van der Waals surface area contributed by atoms with Crippen molar-refractivity contribution in [3.63, 3.8) is 0 Å². The van der Waals surface area contributed by atoms with Gasteiger partial charge in [0.05, 0.1) is 11.1 Å². The van der Waals surface area contributed by atoms with Crippen LogP contribution in [0.4, 0.5) is 5.69 Å². The Hall–Kier alpha value is -2.70. The van der Waals surface area contributed by atoms with Crippen molar-refractivity contribution in [3.05, 3.63) is 46.1 Å². The van der Waals surface area contributed by atoms with Gasteiger partial charge in [-0.2, -0.15) is 5.10 Å². The van der Waals surface area contributed by atoms with Crippen molar-refractivity contribution in [2.75, 3.05) is 0 Å². The van der Waals surface area contributed by atoms with E-state index in [0.717, 1.165) is 5.56 Å². The van der Waals surface area contributed by atoms with E-state index in [0.29, 0.717) is 11.3 Å². The number of nitro benzene ring substituents is 1. The Balaban J connectivity index is 2.45. The molecule has 1 aromatic carbocycles. The van der Waals surface area contributed by atoms with Gasteiger partial charge < -0.3 is 5.21 Å². The topological polar surface area (TPSA) is 93.5 Å². The largest absolute Gasteiger partial charge is 0.411 e. The Morgan fingerprint density at radius 2 is 2.11 bits per heavy atom. The van der Waals surface area contributed by atoms with Crippen LogP contribution in [0.5, 0.6) is 0 Å². The molecule has 0 aliphatic rings. The van der Waals surface area contributed by atoms with E-state index < -0.39 is 4.92 Å². The van der Waals surface area contributed by atoms with Crippen LogP contribution < -0.4 is 0 Å². The highest BCUT2D eigenvalue weighted by atomic mass is 16.6. The Morgan fingerprint density at radius 1 is 1.44 bits per heavy atom. The molecule has 0 saturated heterocycles. The second kappa shape index (κ2) is 4.66. The highest BCUT2D eigenvalue weighted by molar-refractivity contribution is 5.88. The number of oxime groups is 1. The van der Waals surface area contributed by atoms with Crippen LogP contribution >= 0.6 is 0 Å². The zero-order chi connectivity index (χ0) is 13.1. The maximum absolute atomic E-state index is 10.6. The molecule has 0 unspecified atom stereocenters. The molecule has 0 aliphatic carbocycles. The Labute approximate surface area is 102 Å². The molecule has 7 nitrogen and oxygen atoms in total. The molecule has 0 amide bonds. The van der Waals surface area contributed by atoms with Crippen LogP contribution in [0.1, 0.15) is 5.56 Å². The maximum Gasteiger partial charge on any atom is 0.269 e. The van der Waals surface area contributed by atoms with E-state index in [4.69, 9.17) is 5.21 Å². The first-order valence-corrected chi connectivity index (χ1v) is 5.07. The van der Waals surface area contributed by atoms with Gasteiger partial charge in [0.15, 0.2) is 0 Å². The average molecular weight is 246 g/mol. The van der Waals surface area contributed by atoms with Gasteiger partial charge in [-0.25, -0.2) is 0 Å². The fourth-order valence-electron chi connectivity index (χ4n) is 1.63. The predicted molar refractivity (Wildman–Crippen MR) is 64.7 cm³/mol. The lowest BCUT2D eigenvalue weighted by Gasteiger charge is -1.98. The van der Waals surface area contributed by atoms with Crippen LogP contribution in [0.2, 0.25) is 0 Å². The van der Waals surface area contributed by atoms with Gasteiger partial charge in [0, 0.05) is 36.5 Å². The number of nitrogens with zero attached hydrogens (tertiary/aromatic N) is 4. The molecule has 0 fully saturated rings. The molecule has 0 radical (unpaired) electrons. The van der Waals surface area contributed by atoms with Crippen LogP contribution in [-0.4, -0.2) is 26.1 Å². The van der Waals surface area contributed by atoms with E-state index >= 15 is 0 Å². The van der Waals surface area contributed by atoms with Crippen molar-refractivity contribution >= 4 is 11.9 Å². The van der Waals surface area contributed by atoms with E-state index in [1.807, 2.05) is 0 Å². The summed E-state index contributed by atoms with van der Waals surface area (Å²) in [5, 5.41) is 26.3. The quantitative estimate of drug-likeness (QED) is 0.386. The molecule has 0 saturated carbocycles. The van der Waals surface area contributed by atoms with Crippen LogP contribution in [0.25, 0.3) is 11.3 Å². The van der Waals surface area contributed by atoms with E-state index in [1.165, 1.54) is 18.3 Å². The second-order valence-electron chi connectivity index (χ2n) is 3.66. The summed E-state index contributed by atoms with van der Waals surface area (Å²) in [6.07, 6.45) is 2.96. The molecule has 0 bridgehead atoms. The van der Waals surface area contributed by atoms with Crippen molar-refractivity contribution < 1.29 is 10.1 Å². The molecule has 0 spiro atoms. The molecule has 7 heteroatoms. The number of hydrogen-bond acceptors (Lipinski definition) is 5. The third-order valence-electron chi connectivity index (χ3n) is 2.41. The first-order valence-electron chi connectivity index (χ1n) is 5.07. The SMILES string of the molecule is Cn1cc(/C=N/O)c(-c2ccc([N+](=O)[O-])cc2)n1. The summed E-state index contributed by atoms with van der Waals surface area (Å²) in [5.41, 5.74) is 1.97. The van der Waals surface area contributed by atoms with Gasteiger partial charge in [-0.15, -0.1) is 0 Å². The summed E-state index contributed by atoms with van der Waals surface area (Å²) >= 11 is 0. The van der Waals surface area contributed by atoms with Crippen molar-refractivity contribution in [3.8, 4) is 11.3 Å². The predicted octanol–water partition coefficient (Wildman–Crippen LogP) is 1.80. The Morgan fingerprint density at radius 3 is 2.67 bits per heavy atom. The molecule has 92 valence electrons. The van der Waals surface area contributed by atoms with Gasteiger partial charge in [-0.1, -0.05) is 5.16 Å². The van der Waals surface area contributed by atoms with Gasteiger partial charge in [0.2, 0.25) is 0 Å². The maximum atomic E-state index is 10.6. The molecular formula is C11H10N4O3. The highest BCUT2D eigenvalue weighted by Crippen LogP contribution is 2.23. The lowest BCUT2D eigenvalue weighted by molar-refractivity contribution is -0.384. The standard InChI is InChI=1S/C11H10N4O3/c1-14-7-9(6-12-16)11(13-14)8-2-4-10(5-3-8)15(17)18/h2-7,16H,1H3/b12-6+. The number of hydrogen-bond donors (Lipinski definition) is 1. The monoisotopic (exact) mass is 246 g/mol. The lowest BCUT2D eigenvalue weighted by Crippen LogP contribution is -1.90.